The summed E-state index contributed by atoms with van der Waals surface area (Å²) in [6, 6.07) is 5.59. The van der Waals surface area contributed by atoms with Gasteiger partial charge in [0.05, 0.1) is 17.8 Å². The highest BCUT2D eigenvalue weighted by atomic mass is 79.9. The SMILES string of the molecule is COc1cccc(-c2oncc2N)c1Br. The van der Waals surface area contributed by atoms with E-state index in [2.05, 4.69) is 21.1 Å². The number of aromatic nitrogens is 1. The molecule has 0 bridgehead atoms. The van der Waals surface area contributed by atoms with E-state index in [0.717, 1.165) is 15.8 Å². The molecule has 0 fully saturated rings. The lowest BCUT2D eigenvalue weighted by molar-refractivity contribution is 0.410. The van der Waals surface area contributed by atoms with Crippen LogP contribution in [0.3, 0.4) is 0 Å². The van der Waals surface area contributed by atoms with E-state index in [4.69, 9.17) is 15.0 Å². The van der Waals surface area contributed by atoms with Crippen LogP contribution in [0.2, 0.25) is 0 Å². The molecule has 2 aromatic rings. The van der Waals surface area contributed by atoms with E-state index in [1.165, 1.54) is 6.20 Å². The van der Waals surface area contributed by atoms with Crippen molar-refractivity contribution in [2.24, 2.45) is 0 Å². The molecule has 0 aliphatic rings. The van der Waals surface area contributed by atoms with Gasteiger partial charge in [-0.3, -0.25) is 0 Å². The zero-order valence-electron chi connectivity index (χ0n) is 8.03. The summed E-state index contributed by atoms with van der Waals surface area (Å²) in [6.07, 6.45) is 1.47. The van der Waals surface area contributed by atoms with Gasteiger partial charge in [0.1, 0.15) is 11.4 Å². The maximum Gasteiger partial charge on any atom is 0.190 e. The van der Waals surface area contributed by atoms with Crippen LogP contribution in [0.1, 0.15) is 0 Å². The fourth-order valence-electron chi connectivity index (χ4n) is 1.30. The Morgan fingerprint density at radius 1 is 1.47 bits per heavy atom. The summed E-state index contributed by atoms with van der Waals surface area (Å²) in [5, 5.41) is 3.63. The zero-order chi connectivity index (χ0) is 10.8. The fourth-order valence-corrected chi connectivity index (χ4v) is 1.90. The first-order chi connectivity index (χ1) is 7.24. The highest BCUT2D eigenvalue weighted by Gasteiger charge is 2.14. The number of rotatable bonds is 2. The van der Waals surface area contributed by atoms with E-state index in [0.29, 0.717) is 11.4 Å². The number of benzene rings is 1. The predicted octanol–water partition coefficient (Wildman–Crippen LogP) is 2.69. The summed E-state index contributed by atoms with van der Waals surface area (Å²) < 4.78 is 11.0. The molecule has 1 aromatic carbocycles. The molecule has 2 rings (SSSR count). The van der Waals surface area contributed by atoms with Gasteiger partial charge in [0.25, 0.3) is 0 Å². The van der Waals surface area contributed by atoms with E-state index in [9.17, 15) is 0 Å². The molecule has 0 unspecified atom stereocenters. The monoisotopic (exact) mass is 268 g/mol. The Morgan fingerprint density at radius 3 is 2.87 bits per heavy atom. The molecule has 1 aromatic heterocycles. The average Bonchev–Trinajstić information content (AvgIpc) is 2.65. The van der Waals surface area contributed by atoms with Crippen LogP contribution in [-0.2, 0) is 0 Å². The number of anilines is 1. The number of hydrogen-bond acceptors (Lipinski definition) is 4. The first-order valence-electron chi connectivity index (χ1n) is 4.27. The van der Waals surface area contributed by atoms with Crippen molar-refractivity contribution in [3.05, 3.63) is 28.9 Å². The second-order valence-electron chi connectivity index (χ2n) is 2.93. The molecule has 0 atom stereocenters. The Balaban J connectivity index is 2.59. The summed E-state index contributed by atoms with van der Waals surface area (Å²) in [6.45, 7) is 0. The van der Waals surface area contributed by atoms with Crippen molar-refractivity contribution in [1.82, 2.24) is 5.16 Å². The van der Waals surface area contributed by atoms with Crippen LogP contribution in [0.15, 0.2) is 33.4 Å². The normalized spacial score (nSPS) is 10.3. The van der Waals surface area contributed by atoms with Crippen molar-refractivity contribution < 1.29 is 9.26 Å². The smallest absolute Gasteiger partial charge is 0.190 e. The van der Waals surface area contributed by atoms with Gasteiger partial charge in [-0.15, -0.1) is 0 Å². The predicted molar refractivity (Wildman–Crippen MR) is 60.6 cm³/mol. The summed E-state index contributed by atoms with van der Waals surface area (Å²) >= 11 is 3.43. The number of hydrogen-bond donors (Lipinski definition) is 1. The maximum atomic E-state index is 5.72. The first-order valence-corrected chi connectivity index (χ1v) is 5.06. The molecular weight excluding hydrogens is 260 g/mol. The number of nitrogen functional groups attached to an aromatic ring is 1. The summed E-state index contributed by atoms with van der Waals surface area (Å²) in [7, 11) is 1.60. The molecule has 1 heterocycles. The van der Waals surface area contributed by atoms with Gasteiger partial charge in [-0.1, -0.05) is 11.2 Å². The van der Waals surface area contributed by atoms with E-state index in [1.54, 1.807) is 7.11 Å². The van der Waals surface area contributed by atoms with Crippen LogP contribution in [-0.4, -0.2) is 12.3 Å². The second kappa shape index (κ2) is 3.94. The van der Waals surface area contributed by atoms with Gasteiger partial charge >= 0.3 is 0 Å². The highest BCUT2D eigenvalue weighted by Crippen LogP contribution is 2.37. The third-order valence-corrected chi connectivity index (χ3v) is 2.84. The third-order valence-electron chi connectivity index (χ3n) is 2.03. The molecule has 4 nitrogen and oxygen atoms in total. The third kappa shape index (κ3) is 1.70. The van der Waals surface area contributed by atoms with E-state index in [-0.39, 0.29) is 0 Å². The molecule has 0 aliphatic heterocycles. The molecule has 0 radical (unpaired) electrons. The minimum atomic E-state index is 0.504. The number of halogens is 1. The Bertz CT molecular complexity index is 482. The van der Waals surface area contributed by atoms with Gasteiger partial charge in [-0.2, -0.15) is 0 Å². The topological polar surface area (TPSA) is 61.3 Å². The van der Waals surface area contributed by atoms with Crippen LogP contribution in [0, 0.1) is 0 Å². The summed E-state index contributed by atoms with van der Waals surface area (Å²) in [5.74, 6) is 1.27. The molecule has 0 saturated carbocycles. The minimum absolute atomic E-state index is 0.504. The molecule has 0 spiro atoms. The molecule has 0 aliphatic carbocycles. The number of methoxy groups -OCH3 is 1. The van der Waals surface area contributed by atoms with Crippen molar-refractivity contribution >= 4 is 21.6 Å². The zero-order valence-corrected chi connectivity index (χ0v) is 9.61. The Hall–Kier alpha value is -1.49. The van der Waals surface area contributed by atoms with Gasteiger partial charge in [0, 0.05) is 5.56 Å². The van der Waals surface area contributed by atoms with E-state index in [1.807, 2.05) is 18.2 Å². The lowest BCUT2D eigenvalue weighted by Crippen LogP contribution is -1.89. The Morgan fingerprint density at radius 2 is 2.27 bits per heavy atom. The molecule has 0 amide bonds. The van der Waals surface area contributed by atoms with Crippen LogP contribution < -0.4 is 10.5 Å². The molecule has 2 N–H and O–H groups in total. The van der Waals surface area contributed by atoms with Crippen LogP contribution in [0.4, 0.5) is 5.69 Å². The van der Waals surface area contributed by atoms with Crippen LogP contribution >= 0.6 is 15.9 Å². The lowest BCUT2D eigenvalue weighted by atomic mass is 10.1. The van der Waals surface area contributed by atoms with Crippen molar-refractivity contribution in [2.75, 3.05) is 12.8 Å². The van der Waals surface area contributed by atoms with Crippen molar-refractivity contribution in [1.29, 1.82) is 0 Å². The first kappa shape index (κ1) is 10.0. The standard InChI is InChI=1S/C10H9BrN2O2/c1-14-8-4-2-3-6(9(8)11)10-7(12)5-13-15-10/h2-5H,12H2,1H3. The molecule has 5 heteroatoms. The molecular formula is C10H9BrN2O2. The average molecular weight is 269 g/mol. The fraction of sp³-hybridized carbons (Fsp3) is 0.100. The van der Waals surface area contributed by atoms with Crippen LogP contribution in [0.5, 0.6) is 5.75 Å². The minimum Gasteiger partial charge on any atom is -0.496 e. The van der Waals surface area contributed by atoms with Gasteiger partial charge in [-0.25, -0.2) is 0 Å². The van der Waals surface area contributed by atoms with Gasteiger partial charge in [0.15, 0.2) is 5.76 Å². The Labute approximate surface area is 95.1 Å². The lowest BCUT2D eigenvalue weighted by Gasteiger charge is -2.06. The van der Waals surface area contributed by atoms with E-state index < -0.39 is 0 Å². The number of nitrogens with zero attached hydrogens (tertiary/aromatic N) is 1. The quantitative estimate of drug-likeness (QED) is 0.910. The largest absolute Gasteiger partial charge is 0.496 e. The van der Waals surface area contributed by atoms with Crippen LogP contribution in [0.25, 0.3) is 11.3 Å². The van der Waals surface area contributed by atoms with E-state index >= 15 is 0 Å². The van der Waals surface area contributed by atoms with Crippen molar-refractivity contribution in [3.63, 3.8) is 0 Å². The summed E-state index contributed by atoms with van der Waals surface area (Å²) in [5.41, 5.74) is 7.04. The van der Waals surface area contributed by atoms with Gasteiger partial charge in [0.2, 0.25) is 0 Å². The Kier molecular flexibility index (Phi) is 2.64. The molecule has 78 valence electrons. The molecule has 0 saturated heterocycles. The van der Waals surface area contributed by atoms with Gasteiger partial charge in [-0.05, 0) is 28.1 Å². The number of ether oxygens (including phenoxy) is 1. The second-order valence-corrected chi connectivity index (χ2v) is 3.73. The summed E-state index contributed by atoms with van der Waals surface area (Å²) in [4.78, 5) is 0. The van der Waals surface area contributed by atoms with Crippen molar-refractivity contribution in [3.8, 4) is 17.1 Å². The number of nitrogens with two attached hydrogens (primary N) is 1. The molecule has 15 heavy (non-hydrogen) atoms. The maximum absolute atomic E-state index is 5.72. The van der Waals surface area contributed by atoms with Crippen molar-refractivity contribution in [2.45, 2.75) is 0 Å². The van der Waals surface area contributed by atoms with Gasteiger partial charge < -0.3 is 15.0 Å². The highest BCUT2D eigenvalue weighted by molar-refractivity contribution is 9.10.